The van der Waals surface area contributed by atoms with Gasteiger partial charge in [0.25, 0.3) is 5.91 Å². The topological polar surface area (TPSA) is 105 Å². The van der Waals surface area contributed by atoms with Gasteiger partial charge in [0.15, 0.2) is 0 Å². The van der Waals surface area contributed by atoms with Crippen LogP contribution in [0.5, 0.6) is 11.8 Å². The second-order valence-corrected chi connectivity index (χ2v) is 8.87. The normalized spacial score (nSPS) is 18.4. The summed E-state index contributed by atoms with van der Waals surface area (Å²) in [6.07, 6.45) is 0.790. The molecule has 33 heavy (non-hydrogen) atoms. The summed E-state index contributed by atoms with van der Waals surface area (Å²) in [5.41, 5.74) is 3.86. The van der Waals surface area contributed by atoms with Gasteiger partial charge in [-0.3, -0.25) is 4.79 Å². The van der Waals surface area contributed by atoms with E-state index in [9.17, 15) is 4.79 Å². The van der Waals surface area contributed by atoms with Crippen LogP contribution >= 0.6 is 11.6 Å². The zero-order chi connectivity index (χ0) is 22.7. The highest BCUT2D eigenvalue weighted by Crippen LogP contribution is 2.38. The van der Waals surface area contributed by atoms with E-state index in [-0.39, 0.29) is 23.0 Å². The predicted octanol–water partition coefficient (Wildman–Crippen LogP) is 3.75. The van der Waals surface area contributed by atoms with Crippen molar-refractivity contribution in [2.24, 2.45) is 0 Å². The summed E-state index contributed by atoms with van der Waals surface area (Å²) in [7, 11) is 2.05. The van der Waals surface area contributed by atoms with Gasteiger partial charge < -0.3 is 24.7 Å². The number of hydrogen-bond donors (Lipinski definition) is 2. The second-order valence-electron chi connectivity index (χ2n) is 8.53. The zero-order valence-electron chi connectivity index (χ0n) is 18.1. The van der Waals surface area contributed by atoms with Crippen molar-refractivity contribution in [3.05, 3.63) is 46.6 Å². The van der Waals surface area contributed by atoms with E-state index in [1.54, 1.807) is 6.07 Å². The fourth-order valence-electron chi connectivity index (χ4n) is 4.44. The Morgan fingerprint density at radius 1 is 1.21 bits per heavy atom. The fraction of sp³-hybridized carbons (Fsp3) is 0.304. The minimum absolute atomic E-state index is 0.00656. The molecule has 0 aliphatic carbocycles. The van der Waals surface area contributed by atoms with Crippen LogP contribution in [-0.4, -0.2) is 51.9 Å². The number of aromatic nitrogens is 3. The highest BCUT2D eigenvalue weighted by molar-refractivity contribution is 6.28. The molecule has 1 aromatic carbocycles. The molecular formula is C23H21ClN6O3. The molecule has 1 amide bonds. The minimum atomic E-state index is -0.227. The van der Waals surface area contributed by atoms with E-state index in [1.165, 1.54) is 0 Å². The first kappa shape index (κ1) is 20.2. The molecule has 0 saturated carbocycles. The summed E-state index contributed by atoms with van der Waals surface area (Å²) in [6.45, 7) is 4.14. The molecule has 0 bridgehead atoms. The van der Waals surface area contributed by atoms with Crippen molar-refractivity contribution < 1.29 is 13.9 Å². The molecule has 6 rings (SSSR count). The number of likely N-dealkylation sites (N-methyl/N-ethyl adjacent to an activating group) is 1. The van der Waals surface area contributed by atoms with E-state index in [4.69, 9.17) is 25.7 Å². The Morgan fingerprint density at radius 3 is 2.97 bits per heavy atom. The van der Waals surface area contributed by atoms with Crippen LogP contribution in [0.25, 0.3) is 21.9 Å². The Bertz CT molecular complexity index is 1440. The lowest BCUT2D eigenvalue weighted by atomic mass is 10.1. The van der Waals surface area contributed by atoms with Crippen LogP contribution in [0, 0.1) is 0 Å². The lowest BCUT2D eigenvalue weighted by molar-refractivity contribution is 0.0920. The van der Waals surface area contributed by atoms with Crippen molar-refractivity contribution >= 4 is 45.1 Å². The molecule has 0 radical (unpaired) electrons. The smallest absolute Gasteiger partial charge is 0.289 e. The summed E-state index contributed by atoms with van der Waals surface area (Å²) < 4.78 is 12.0. The number of nitrogens with zero attached hydrogens (tertiary/aromatic N) is 4. The number of fused-ring (bicyclic) bond motifs is 6. The van der Waals surface area contributed by atoms with Gasteiger partial charge in [-0.1, -0.05) is 0 Å². The second kappa shape index (κ2) is 7.57. The van der Waals surface area contributed by atoms with Crippen molar-refractivity contribution in [1.82, 2.24) is 25.2 Å². The fourth-order valence-corrected chi connectivity index (χ4v) is 4.62. The molecule has 1 atom stereocenters. The number of ether oxygens (including phenoxy) is 1. The van der Waals surface area contributed by atoms with Gasteiger partial charge in [0.2, 0.25) is 22.8 Å². The van der Waals surface area contributed by atoms with Crippen LogP contribution in [0.3, 0.4) is 0 Å². The molecular weight excluding hydrogens is 444 g/mol. The van der Waals surface area contributed by atoms with Crippen molar-refractivity contribution in [3.63, 3.8) is 0 Å². The van der Waals surface area contributed by atoms with Crippen molar-refractivity contribution in [2.45, 2.75) is 25.9 Å². The molecule has 2 N–H and O–H groups in total. The first-order valence-electron chi connectivity index (χ1n) is 10.8. The quantitative estimate of drug-likeness (QED) is 0.432. The largest absolute Gasteiger partial charge is 0.449 e. The lowest BCUT2D eigenvalue weighted by Gasteiger charge is -2.25. The van der Waals surface area contributed by atoms with Gasteiger partial charge in [-0.25, -0.2) is 9.97 Å². The van der Waals surface area contributed by atoms with Crippen molar-refractivity contribution in [1.29, 1.82) is 0 Å². The maximum absolute atomic E-state index is 12.5. The van der Waals surface area contributed by atoms with Crippen LogP contribution in [0.2, 0.25) is 5.28 Å². The summed E-state index contributed by atoms with van der Waals surface area (Å²) in [5, 5.41) is 8.12. The van der Waals surface area contributed by atoms with Crippen LogP contribution in [0.1, 0.15) is 28.7 Å². The molecule has 0 saturated heterocycles. The van der Waals surface area contributed by atoms with E-state index < -0.39 is 0 Å². The predicted molar refractivity (Wildman–Crippen MR) is 124 cm³/mol. The molecule has 0 spiro atoms. The number of hydrogen-bond acceptors (Lipinski definition) is 8. The highest BCUT2D eigenvalue weighted by Gasteiger charge is 2.27. The molecule has 9 nitrogen and oxygen atoms in total. The Labute approximate surface area is 194 Å². The first-order chi connectivity index (χ1) is 16.0. The molecule has 10 heteroatoms. The number of halogens is 1. The van der Waals surface area contributed by atoms with Crippen LogP contribution < -0.4 is 15.4 Å². The third-order valence-electron chi connectivity index (χ3n) is 6.05. The number of benzene rings is 1. The average molecular weight is 465 g/mol. The molecule has 0 unspecified atom stereocenters. The number of carbonyl (C=O) groups is 1. The van der Waals surface area contributed by atoms with E-state index in [1.807, 2.05) is 32.2 Å². The molecule has 5 heterocycles. The molecule has 168 valence electrons. The van der Waals surface area contributed by atoms with E-state index in [2.05, 4.69) is 25.5 Å². The molecule has 2 aliphatic heterocycles. The van der Waals surface area contributed by atoms with Gasteiger partial charge >= 0.3 is 0 Å². The lowest BCUT2D eigenvalue weighted by Crippen LogP contribution is -2.34. The number of carbonyl (C=O) groups excluding carboxylic acids is 1. The molecule has 2 aliphatic rings. The van der Waals surface area contributed by atoms with Gasteiger partial charge in [0.05, 0.1) is 27.8 Å². The number of amides is 1. The number of furan rings is 1. The Morgan fingerprint density at radius 2 is 2.09 bits per heavy atom. The van der Waals surface area contributed by atoms with Gasteiger partial charge in [-0.2, -0.15) is 4.98 Å². The standard InChI is InChI=1S/C23H21ClN6O3/c1-11-9-25-19-18-12-3-6-17(27-14(12)4-5-16(18)32-20(19)21(31)26-11)33-22-13-10-30(2)8-7-15(13)28-23(24)29-22/h3-6,11,25H,7-10H2,1-2H3,(H,26,31)/t11-/m1/s1. The number of anilines is 1. The SMILES string of the molecule is C[C@@H]1CNc2c(oc3ccc4nc(Oc5nc(Cl)nc6c5CN(C)CC6)ccc4c23)C(=O)N1. The van der Waals surface area contributed by atoms with E-state index in [0.29, 0.717) is 41.6 Å². The maximum atomic E-state index is 12.5. The van der Waals surface area contributed by atoms with Gasteiger partial charge in [0, 0.05) is 43.5 Å². The number of pyridine rings is 1. The van der Waals surface area contributed by atoms with Crippen LogP contribution in [0.15, 0.2) is 28.7 Å². The Balaban J connectivity index is 1.43. The highest BCUT2D eigenvalue weighted by atomic mass is 35.5. The minimum Gasteiger partial charge on any atom is -0.449 e. The summed E-state index contributed by atoms with van der Waals surface area (Å²) in [6, 6.07) is 7.37. The number of rotatable bonds is 2. The maximum Gasteiger partial charge on any atom is 0.289 e. The molecule has 4 aromatic rings. The van der Waals surface area contributed by atoms with Crippen LogP contribution in [0.4, 0.5) is 5.69 Å². The number of nitrogens with one attached hydrogen (secondary N) is 2. The van der Waals surface area contributed by atoms with Crippen LogP contribution in [-0.2, 0) is 13.0 Å². The Kier molecular flexibility index (Phi) is 4.63. The van der Waals surface area contributed by atoms with Crippen molar-refractivity contribution in [3.8, 4) is 11.8 Å². The van der Waals surface area contributed by atoms with Gasteiger partial charge in [-0.05, 0) is 43.8 Å². The first-order valence-corrected chi connectivity index (χ1v) is 11.2. The van der Waals surface area contributed by atoms with E-state index >= 15 is 0 Å². The summed E-state index contributed by atoms with van der Waals surface area (Å²) in [5.74, 6) is 0.888. The van der Waals surface area contributed by atoms with Gasteiger partial charge in [-0.15, -0.1) is 0 Å². The summed E-state index contributed by atoms with van der Waals surface area (Å²) >= 11 is 6.15. The van der Waals surface area contributed by atoms with E-state index in [0.717, 1.165) is 35.0 Å². The van der Waals surface area contributed by atoms with Crippen molar-refractivity contribution in [2.75, 3.05) is 25.5 Å². The third kappa shape index (κ3) is 3.44. The average Bonchev–Trinajstić information content (AvgIpc) is 3.10. The summed E-state index contributed by atoms with van der Waals surface area (Å²) in [4.78, 5) is 28.1. The van der Waals surface area contributed by atoms with Gasteiger partial charge in [0.1, 0.15) is 5.58 Å². The monoisotopic (exact) mass is 464 g/mol. The Hall–Kier alpha value is -3.43. The molecule has 3 aromatic heterocycles. The third-order valence-corrected chi connectivity index (χ3v) is 6.22. The zero-order valence-corrected chi connectivity index (χ0v) is 18.9. The molecule has 0 fully saturated rings.